The second-order valence-corrected chi connectivity index (χ2v) is 5.52. The number of ether oxygens (including phenoxy) is 1. The van der Waals surface area contributed by atoms with Gasteiger partial charge >= 0.3 is 0 Å². The summed E-state index contributed by atoms with van der Waals surface area (Å²) in [5.74, 6) is 0.792. The summed E-state index contributed by atoms with van der Waals surface area (Å²) in [6.45, 7) is 0.716. The maximum Gasteiger partial charge on any atom is 0.251 e. The Morgan fingerprint density at radius 2 is 2.16 bits per heavy atom. The zero-order chi connectivity index (χ0) is 13.3. The number of carbonyl (C=O) groups excluding carboxylic acids is 1. The van der Waals surface area contributed by atoms with Gasteiger partial charge in [0.1, 0.15) is 5.75 Å². The molecule has 0 unspecified atom stereocenters. The third-order valence-electron chi connectivity index (χ3n) is 4.19. The molecule has 0 bridgehead atoms. The van der Waals surface area contributed by atoms with Crippen LogP contribution in [0.1, 0.15) is 41.6 Å². The molecule has 2 aliphatic rings. The number of carbonyl (C=O) groups is 1. The number of aliphatic hydroxyl groups is 1. The van der Waals surface area contributed by atoms with Gasteiger partial charge in [-0.3, -0.25) is 4.79 Å². The molecule has 1 aliphatic heterocycles. The van der Waals surface area contributed by atoms with Crippen LogP contribution in [0.4, 0.5) is 0 Å². The molecule has 0 aromatic heterocycles. The van der Waals surface area contributed by atoms with Gasteiger partial charge < -0.3 is 15.2 Å². The highest BCUT2D eigenvalue weighted by Gasteiger charge is 2.34. The SMILES string of the molecule is O=C(NC1(CO)CCCC1)c1ccc2c(c1)CCO2. The highest BCUT2D eigenvalue weighted by molar-refractivity contribution is 5.95. The van der Waals surface area contributed by atoms with Crippen molar-refractivity contribution in [1.29, 1.82) is 0 Å². The smallest absolute Gasteiger partial charge is 0.251 e. The topological polar surface area (TPSA) is 58.6 Å². The van der Waals surface area contributed by atoms with E-state index in [4.69, 9.17) is 4.74 Å². The Bertz CT molecular complexity index is 492. The average Bonchev–Trinajstić information content (AvgIpc) is 3.06. The lowest BCUT2D eigenvalue weighted by atomic mass is 9.98. The predicted octanol–water partition coefficient (Wildman–Crippen LogP) is 1.66. The molecule has 0 radical (unpaired) electrons. The standard InChI is InChI=1S/C15H19NO3/c17-10-15(6-1-2-7-15)16-14(18)12-3-4-13-11(9-12)5-8-19-13/h3-4,9,17H,1-2,5-8,10H2,(H,16,18). The Labute approximate surface area is 112 Å². The predicted molar refractivity (Wildman–Crippen MR) is 71.4 cm³/mol. The first-order chi connectivity index (χ1) is 9.22. The first-order valence-electron chi connectivity index (χ1n) is 6.92. The number of amides is 1. The number of aliphatic hydroxyl groups excluding tert-OH is 1. The van der Waals surface area contributed by atoms with Crippen molar-refractivity contribution in [3.63, 3.8) is 0 Å². The van der Waals surface area contributed by atoms with Crippen LogP contribution in [0.15, 0.2) is 18.2 Å². The first-order valence-corrected chi connectivity index (χ1v) is 6.92. The molecule has 1 fully saturated rings. The minimum Gasteiger partial charge on any atom is -0.493 e. The molecule has 4 nitrogen and oxygen atoms in total. The van der Waals surface area contributed by atoms with Crippen molar-refractivity contribution in [2.45, 2.75) is 37.6 Å². The second kappa shape index (κ2) is 4.85. The van der Waals surface area contributed by atoms with Gasteiger partial charge in [-0.25, -0.2) is 0 Å². The van der Waals surface area contributed by atoms with E-state index >= 15 is 0 Å². The highest BCUT2D eigenvalue weighted by atomic mass is 16.5. The first kappa shape index (κ1) is 12.5. The summed E-state index contributed by atoms with van der Waals surface area (Å²) in [5.41, 5.74) is 1.34. The average molecular weight is 261 g/mol. The van der Waals surface area contributed by atoms with Crippen LogP contribution >= 0.6 is 0 Å². The number of hydrogen-bond donors (Lipinski definition) is 2. The maximum absolute atomic E-state index is 12.3. The van der Waals surface area contributed by atoms with Gasteiger partial charge in [0.15, 0.2) is 0 Å². The van der Waals surface area contributed by atoms with Gasteiger partial charge in [-0.2, -0.15) is 0 Å². The Morgan fingerprint density at radius 3 is 2.89 bits per heavy atom. The number of fused-ring (bicyclic) bond motifs is 1. The molecule has 1 heterocycles. The molecule has 1 saturated carbocycles. The zero-order valence-corrected chi connectivity index (χ0v) is 10.9. The number of benzene rings is 1. The van der Waals surface area contributed by atoms with Crippen LogP contribution in [0.2, 0.25) is 0 Å². The quantitative estimate of drug-likeness (QED) is 0.870. The lowest BCUT2D eigenvalue weighted by Crippen LogP contribution is -2.49. The molecule has 3 rings (SSSR count). The van der Waals surface area contributed by atoms with Crippen molar-refractivity contribution in [2.24, 2.45) is 0 Å². The van der Waals surface area contributed by atoms with E-state index in [1.165, 1.54) is 0 Å². The number of hydrogen-bond acceptors (Lipinski definition) is 3. The lowest BCUT2D eigenvalue weighted by Gasteiger charge is -2.28. The Morgan fingerprint density at radius 1 is 1.37 bits per heavy atom. The van der Waals surface area contributed by atoms with E-state index in [2.05, 4.69) is 5.32 Å². The lowest BCUT2D eigenvalue weighted by molar-refractivity contribution is 0.0838. The summed E-state index contributed by atoms with van der Waals surface area (Å²) < 4.78 is 5.44. The fourth-order valence-corrected chi connectivity index (χ4v) is 3.02. The normalized spacial score (nSPS) is 19.8. The Hall–Kier alpha value is -1.55. The summed E-state index contributed by atoms with van der Waals surface area (Å²) in [6, 6.07) is 5.55. The fraction of sp³-hybridized carbons (Fsp3) is 0.533. The molecule has 0 saturated heterocycles. The van der Waals surface area contributed by atoms with Gasteiger partial charge in [0, 0.05) is 12.0 Å². The van der Waals surface area contributed by atoms with Crippen LogP contribution in [0, 0.1) is 0 Å². The summed E-state index contributed by atoms with van der Waals surface area (Å²) in [4.78, 5) is 12.3. The monoisotopic (exact) mass is 261 g/mol. The summed E-state index contributed by atoms with van der Waals surface area (Å²) >= 11 is 0. The van der Waals surface area contributed by atoms with E-state index in [1.807, 2.05) is 12.1 Å². The third kappa shape index (κ3) is 2.32. The Kier molecular flexibility index (Phi) is 3.19. The van der Waals surface area contributed by atoms with E-state index in [9.17, 15) is 9.90 Å². The highest BCUT2D eigenvalue weighted by Crippen LogP contribution is 2.30. The molecule has 102 valence electrons. The van der Waals surface area contributed by atoms with Crippen LogP contribution in [0.25, 0.3) is 0 Å². The third-order valence-corrected chi connectivity index (χ3v) is 4.19. The van der Waals surface area contributed by atoms with E-state index in [0.717, 1.165) is 43.4 Å². The van der Waals surface area contributed by atoms with Crippen LogP contribution in [0.3, 0.4) is 0 Å². The molecule has 2 N–H and O–H groups in total. The van der Waals surface area contributed by atoms with Gasteiger partial charge in [0.25, 0.3) is 5.91 Å². The van der Waals surface area contributed by atoms with E-state index in [-0.39, 0.29) is 12.5 Å². The number of rotatable bonds is 3. The van der Waals surface area contributed by atoms with Crippen molar-refractivity contribution < 1.29 is 14.6 Å². The minimum absolute atomic E-state index is 0.0206. The maximum atomic E-state index is 12.3. The van der Waals surface area contributed by atoms with E-state index in [0.29, 0.717) is 12.2 Å². The second-order valence-electron chi connectivity index (χ2n) is 5.52. The minimum atomic E-state index is -0.410. The molecule has 0 spiro atoms. The van der Waals surface area contributed by atoms with Crippen molar-refractivity contribution in [1.82, 2.24) is 5.32 Å². The molecule has 1 aromatic rings. The van der Waals surface area contributed by atoms with E-state index < -0.39 is 5.54 Å². The van der Waals surface area contributed by atoms with Gasteiger partial charge in [-0.1, -0.05) is 12.8 Å². The van der Waals surface area contributed by atoms with Crippen molar-refractivity contribution in [3.8, 4) is 5.75 Å². The largest absolute Gasteiger partial charge is 0.493 e. The van der Waals surface area contributed by atoms with Crippen LogP contribution < -0.4 is 10.1 Å². The zero-order valence-electron chi connectivity index (χ0n) is 10.9. The van der Waals surface area contributed by atoms with Gasteiger partial charge in [0.2, 0.25) is 0 Å². The summed E-state index contributed by atoms with van der Waals surface area (Å²) in [5, 5.41) is 12.6. The van der Waals surface area contributed by atoms with Gasteiger partial charge in [-0.05, 0) is 36.6 Å². The van der Waals surface area contributed by atoms with Crippen molar-refractivity contribution in [3.05, 3.63) is 29.3 Å². The van der Waals surface area contributed by atoms with Crippen LogP contribution in [-0.4, -0.2) is 29.8 Å². The van der Waals surface area contributed by atoms with E-state index in [1.54, 1.807) is 6.07 Å². The molecular formula is C15H19NO3. The molecule has 4 heteroatoms. The van der Waals surface area contributed by atoms with Crippen LogP contribution in [0.5, 0.6) is 5.75 Å². The van der Waals surface area contributed by atoms with Crippen molar-refractivity contribution >= 4 is 5.91 Å². The molecule has 1 aromatic carbocycles. The summed E-state index contributed by atoms with van der Waals surface area (Å²) in [7, 11) is 0. The fourth-order valence-electron chi connectivity index (χ4n) is 3.02. The van der Waals surface area contributed by atoms with Crippen molar-refractivity contribution in [2.75, 3.05) is 13.2 Å². The van der Waals surface area contributed by atoms with Gasteiger partial charge in [0.05, 0.1) is 18.8 Å². The number of nitrogens with one attached hydrogen (secondary N) is 1. The Balaban J connectivity index is 1.77. The van der Waals surface area contributed by atoms with Gasteiger partial charge in [-0.15, -0.1) is 0 Å². The molecule has 1 amide bonds. The molecule has 19 heavy (non-hydrogen) atoms. The molecular weight excluding hydrogens is 242 g/mol. The molecule has 1 aliphatic carbocycles. The van der Waals surface area contributed by atoms with Crippen LogP contribution in [-0.2, 0) is 6.42 Å². The summed E-state index contributed by atoms with van der Waals surface area (Å²) in [6.07, 6.45) is 4.73. The molecule has 0 atom stereocenters.